The Kier molecular flexibility index (Phi) is 5.22. The molecule has 0 radical (unpaired) electrons. The highest BCUT2D eigenvalue weighted by molar-refractivity contribution is 8.00. The monoisotopic (exact) mass is 396 g/mol. The first-order chi connectivity index (χ1) is 13.1. The Hall–Kier alpha value is -2.25. The van der Waals surface area contributed by atoms with E-state index >= 15 is 0 Å². The first kappa shape index (κ1) is 18.1. The molecule has 0 unspecified atom stereocenters. The zero-order chi connectivity index (χ0) is 18.8. The predicted octanol–water partition coefficient (Wildman–Crippen LogP) is 4.12. The molecule has 0 saturated carbocycles. The number of carbonyl (C=O) groups excluding carboxylic acids is 1. The third-order valence-corrected chi connectivity index (χ3v) is 6.46. The molecule has 1 amide bonds. The Balaban J connectivity index is 1.54. The molecule has 5 nitrogen and oxygen atoms in total. The number of aromatic nitrogens is 3. The maximum atomic E-state index is 12.9. The Morgan fingerprint density at radius 2 is 1.81 bits per heavy atom. The van der Waals surface area contributed by atoms with E-state index in [1.54, 1.807) is 11.8 Å². The molecule has 0 fully saturated rings. The summed E-state index contributed by atoms with van der Waals surface area (Å²) in [5.41, 5.74) is 3.21. The van der Waals surface area contributed by atoms with E-state index in [2.05, 4.69) is 35.3 Å². The van der Waals surface area contributed by atoms with Crippen LogP contribution in [0.5, 0.6) is 0 Å². The van der Waals surface area contributed by atoms with Gasteiger partial charge in [-0.05, 0) is 37.6 Å². The van der Waals surface area contributed by atoms with Gasteiger partial charge in [0, 0.05) is 17.2 Å². The molecule has 1 aliphatic rings. The number of thioether (sulfide) groups is 2. The average molecular weight is 397 g/mol. The zero-order valence-corrected chi connectivity index (χ0v) is 16.9. The fourth-order valence-corrected chi connectivity index (χ4v) is 5.02. The van der Waals surface area contributed by atoms with Crippen LogP contribution in [0.15, 0.2) is 58.6 Å². The maximum absolute atomic E-state index is 12.9. The maximum Gasteiger partial charge on any atom is 0.237 e. The third-order valence-electron chi connectivity index (χ3n) is 4.51. The smallest absolute Gasteiger partial charge is 0.237 e. The third kappa shape index (κ3) is 3.61. The molecular weight excluding hydrogens is 376 g/mol. The van der Waals surface area contributed by atoms with E-state index < -0.39 is 0 Å². The van der Waals surface area contributed by atoms with Gasteiger partial charge in [-0.15, -0.1) is 22.0 Å². The number of carbonyl (C=O) groups is 1. The molecule has 3 aromatic rings. The molecule has 0 saturated heterocycles. The molecule has 1 aliphatic heterocycles. The summed E-state index contributed by atoms with van der Waals surface area (Å²) in [4.78, 5) is 16.0. The van der Waals surface area contributed by atoms with Crippen LogP contribution in [0.4, 0.5) is 5.69 Å². The van der Waals surface area contributed by atoms with Crippen LogP contribution >= 0.6 is 23.5 Å². The standard InChI is InChI=1S/C20H20N4OS2/c1-14-7-3-4-8-16(14)24-15(2)21-22-20(24)27-13-19(25)23-11-12-26-18-10-6-5-9-17(18)23/h3-10H,11-13H2,1-2H3. The molecule has 0 spiro atoms. The molecule has 2 heterocycles. The number of rotatable bonds is 4. The quantitative estimate of drug-likeness (QED) is 0.621. The van der Waals surface area contributed by atoms with E-state index in [0.717, 1.165) is 40.2 Å². The summed E-state index contributed by atoms with van der Waals surface area (Å²) in [6.07, 6.45) is 0. The second-order valence-corrected chi connectivity index (χ2v) is 8.38. The van der Waals surface area contributed by atoms with Gasteiger partial charge in [0.05, 0.1) is 17.1 Å². The second-order valence-electron chi connectivity index (χ2n) is 6.30. The normalized spacial score (nSPS) is 13.5. The van der Waals surface area contributed by atoms with Crippen LogP contribution < -0.4 is 4.90 Å². The first-order valence-corrected chi connectivity index (χ1v) is 10.8. The van der Waals surface area contributed by atoms with Crippen molar-refractivity contribution in [2.24, 2.45) is 0 Å². The van der Waals surface area contributed by atoms with Gasteiger partial charge in [0.1, 0.15) is 5.82 Å². The van der Waals surface area contributed by atoms with Crippen LogP contribution in [0.1, 0.15) is 11.4 Å². The van der Waals surface area contributed by atoms with E-state index in [-0.39, 0.29) is 5.91 Å². The minimum absolute atomic E-state index is 0.102. The summed E-state index contributed by atoms with van der Waals surface area (Å²) in [7, 11) is 0. The van der Waals surface area contributed by atoms with Crippen molar-refractivity contribution in [3.63, 3.8) is 0 Å². The van der Waals surface area contributed by atoms with Gasteiger partial charge < -0.3 is 4.90 Å². The van der Waals surface area contributed by atoms with Crippen LogP contribution in [-0.2, 0) is 4.79 Å². The molecule has 0 atom stereocenters. The van der Waals surface area contributed by atoms with E-state index in [1.807, 2.05) is 46.7 Å². The molecule has 138 valence electrons. The summed E-state index contributed by atoms with van der Waals surface area (Å²) < 4.78 is 2.02. The number of nitrogens with zero attached hydrogens (tertiary/aromatic N) is 4. The van der Waals surface area contributed by atoms with Crippen LogP contribution in [0.25, 0.3) is 5.69 Å². The number of anilines is 1. The Labute approximate surface area is 167 Å². The van der Waals surface area contributed by atoms with Crippen molar-refractivity contribution < 1.29 is 4.79 Å². The van der Waals surface area contributed by atoms with Crippen LogP contribution in [0, 0.1) is 13.8 Å². The largest absolute Gasteiger partial charge is 0.310 e. The predicted molar refractivity (Wildman–Crippen MR) is 111 cm³/mol. The molecular formula is C20H20N4OS2. The number of fused-ring (bicyclic) bond motifs is 1. The van der Waals surface area contributed by atoms with E-state index in [1.165, 1.54) is 16.7 Å². The molecule has 2 aromatic carbocycles. The van der Waals surface area contributed by atoms with Gasteiger partial charge in [0.2, 0.25) is 5.91 Å². The minimum atomic E-state index is 0.102. The number of amides is 1. The number of para-hydroxylation sites is 2. The van der Waals surface area contributed by atoms with Crippen LogP contribution in [0.3, 0.4) is 0 Å². The summed E-state index contributed by atoms with van der Waals surface area (Å²) >= 11 is 3.24. The van der Waals surface area contributed by atoms with Crippen LogP contribution in [-0.4, -0.2) is 38.7 Å². The van der Waals surface area contributed by atoms with Gasteiger partial charge in [0.15, 0.2) is 5.16 Å². The Morgan fingerprint density at radius 1 is 1.07 bits per heavy atom. The zero-order valence-electron chi connectivity index (χ0n) is 15.3. The number of aryl methyl sites for hydroxylation is 2. The molecule has 0 bridgehead atoms. The van der Waals surface area contributed by atoms with Crippen LogP contribution in [0.2, 0.25) is 0 Å². The molecule has 0 aliphatic carbocycles. The fourth-order valence-electron chi connectivity index (χ4n) is 3.16. The SMILES string of the molecule is Cc1ccccc1-n1c(C)nnc1SCC(=O)N1CCSc2ccccc21. The minimum Gasteiger partial charge on any atom is -0.310 e. The highest BCUT2D eigenvalue weighted by atomic mass is 32.2. The molecule has 0 N–H and O–H groups in total. The number of benzene rings is 2. The van der Waals surface area contributed by atoms with Crippen molar-refractivity contribution in [2.45, 2.75) is 23.9 Å². The Morgan fingerprint density at radius 3 is 2.63 bits per heavy atom. The summed E-state index contributed by atoms with van der Waals surface area (Å²) in [6.45, 7) is 4.74. The fraction of sp³-hybridized carbons (Fsp3) is 0.250. The van der Waals surface area contributed by atoms with Crippen molar-refractivity contribution in [3.8, 4) is 5.69 Å². The molecule has 1 aromatic heterocycles. The van der Waals surface area contributed by atoms with Gasteiger partial charge in [-0.25, -0.2) is 0 Å². The molecule has 7 heteroatoms. The van der Waals surface area contributed by atoms with Gasteiger partial charge >= 0.3 is 0 Å². The lowest BCUT2D eigenvalue weighted by Crippen LogP contribution is -2.36. The highest BCUT2D eigenvalue weighted by Gasteiger charge is 2.23. The topological polar surface area (TPSA) is 51.0 Å². The van der Waals surface area contributed by atoms with Crippen molar-refractivity contribution in [1.29, 1.82) is 0 Å². The van der Waals surface area contributed by atoms with Crippen molar-refractivity contribution in [1.82, 2.24) is 14.8 Å². The van der Waals surface area contributed by atoms with Gasteiger partial charge in [-0.2, -0.15) is 0 Å². The molecule has 4 rings (SSSR count). The second kappa shape index (κ2) is 7.78. The summed E-state index contributed by atoms with van der Waals surface area (Å²) in [5.74, 6) is 2.18. The van der Waals surface area contributed by atoms with E-state index in [0.29, 0.717) is 5.75 Å². The average Bonchev–Trinajstić information content (AvgIpc) is 3.06. The van der Waals surface area contributed by atoms with Crippen molar-refractivity contribution >= 4 is 35.1 Å². The Bertz CT molecular complexity index is 986. The van der Waals surface area contributed by atoms with Gasteiger partial charge in [-0.3, -0.25) is 9.36 Å². The summed E-state index contributed by atoms with van der Waals surface area (Å²) in [5, 5.41) is 9.27. The van der Waals surface area contributed by atoms with E-state index in [4.69, 9.17) is 0 Å². The molecule has 27 heavy (non-hydrogen) atoms. The van der Waals surface area contributed by atoms with Gasteiger partial charge in [-0.1, -0.05) is 42.1 Å². The van der Waals surface area contributed by atoms with Gasteiger partial charge in [0.25, 0.3) is 0 Å². The van der Waals surface area contributed by atoms with Crippen molar-refractivity contribution in [3.05, 3.63) is 59.9 Å². The van der Waals surface area contributed by atoms with Crippen molar-refractivity contribution in [2.75, 3.05) is 23.0 Å². The lowest BCUT2D eigenvalue weighted by Gasteiger charge is -2.28. The number of hydrogen-bond donors (Lipinski definition) is 0. The first-order valence-electron chi connectivity index (χ1n) is 8.78. The summed E-state index contributed by atoms with van der Waals surface area (Å²) in [6, 6.07) is 16.2. The lowest BCUT2D eigenvalue weighted by molar-refractivity contribution is -0.116. The van der Waals surface area contributed by atoms with E-state index in [9.17, 15) is 4.79 Å². The number of hydrogen-bond acceptors (Lipinski definition) is 5. The highest BCUT2D eigenvalue weighted by Crippen LogP contribution is 2.35. The lowest BCUT2D eigenvalue weighted by atomic mass is 10.2.